The Morgan fingerprint density at radius 3 is 2.50 bits per heavy atom. The Bertz CT molecular complexity index is 521. The van der Waals surface area contributed by atoms with Crippen LogP contribution in [0.15, 0.2) is 24.3 Å². The number of aromatic carboxylic acids is 1. The lowest BCUT2D eigenvalue weighted by molar-refractivity contribution is -0.133. The summed E-state index contributed by atoms with van der Waals surface area (Å²) in [5.74, 6) is -0.780. The summed E-state index contributed by atoms with van der Waals surface area (Å²) < 4.78 is 0. The van der Waals surface area contributed by atoms with E-state index in [4.69, 9.17) is 0 Å². The molecule has 1 aliphatic rings. The first-order chi connectivity index (χ1) is 10.6. The molecule has 2 rings (SSSR count). The van der Waals surface area contributed by atoms with Crippen LogP contribution in [0.25, 0.3) is 0 Å². The van der Waals surface area contributed by atoms with Crippen molar-refractivity contribution in [1.29, 1.82) is 0 Å². The molecule has 4 nitrogen and oxygen atoms in total. The number of hydrogen-bond acceptors (Lipinski definition) is 2. The molecular weight excluding hydrogens is 278 g/mol. The highest BCUT2D eigenvalue weighted by Gasteiger charge is 2.24. The smallest absolute Gasteiger partial charge is 0.335 e. The van der Waals surface area contributed by atoms with Crippen LogP contribution in [0.4, 0.5) is 0 Å². The number of hydrogen-bond donors (Lipinski definition) is 1. The molecule has 22 heavy (non-hydrogen) atoms. The normalized spacial score (nSPS) is 15.5. The standard InChI is InChI=1S/C18H25NO3/c1-2-19(15-9-4-3-5-10-15)17(20)13-12-14-8-6-7-11-16(14)18(21)22/h6-8,11,15H,2-5,9-10,12-13H2,1H3,(H,21,22). The summed E-state index contributed by atoms with van der Waals surface area (Å²) in [5.41, 5.74) is 1.04. The topological polar surface area (TPSA) is 57.6 Å². The van der Waals surface area contributed by atoms with Crippen LogP contribution in [-0.4, -0.2) is 34.5 Å². The first-order valence-electron chi connectivity index (χ1n) is 8.24. The van der Waals surface area contributed by atoms with Crippen molar-refractivity contribution < 1.29 is 14.7 Å². The van der Waals surface area contributed by atoms with E-state index in [1.165, 1.54) is 19.3 Å². The molecule has 1 amide bonds. The average Bonchev–Trinajstić information content (AvgIpc) is 2.55. The number of nitrogens with zero attached hydrogens (tertiary/aromatic N) is 1. The number of carbonyl (C=O) groups excluding carboxylic acids is 1. The molecule has 0 saturated heterocycles. The zero-order valence-electron chi connectivity index (χ0n) is 13.3. The summed E-state index contributed by atoms with van der Waals surface area (Å²) in [4.78, 5) is 25.7. The van der Waals surface area contributed by atoms with E-state index in [9.17, 15) is 14.7 Å². The maximum atomic E-state index is 12.5. The minimum absolute atomic E-state index is 0.148. The Hall–Kier alpha value is -1.84. The molecule has 0 bridgehead atoms. The molecule has 4 heteroatoms. The molecule has 0 heterocycles. The van der Waals surface area contributed by atoms with Gasteiger partial charge < -0.3 is 10.0 Å². The molecule has 1 aromatic rings. The van der Waals surface area contributed by atoms with Gasteiger partial charge >= 0.3 is 5.97 Å². The summed E-state index contributed by atoms with van der Waals surface area (Å²) in [5, 5.41) is 9.19. The van der Waals surface area contributed by atoms with Gasteiger partial charge in [0, 0.05) is 19.0 Å². The number of benzene rings is 1. The van der Waals surface area contributed by atoms with Gasteiger partial charge in [-0.3, -0.25) is 4.79 Å². The van der Waals surface area contributed by atoms with Crippen molar-refractivity contribution >= 4 is 11.9 Å². The van der Waals surface area contributed by atoms with Crippen LogP contribution in [0.3, 0.4) is 0 Å². The Kier molecular flexibility index (Phi) is 5.99. The SMILES string of the molecule is CCN(C(=O)CCc1ccccc1C(=O)O)C1CCCCC1. The number of carbonyl (C=O) groups is 2. The molecule has 1 N–H and O–H groups in total. The van der Waals surface area contributed by atoms with Crippen LogP contribution in [0.5, 0.6) is 0 Å². The van der Waals surface area contributed by atoms with Gasteiger partial charge in [0.25, 0.3) is 0 Å². The van der Waals surface area contributed by atoms with E-state index in [0.29, 0.717) is 24.4 Å². The zero-order chi connectivity index (χ0) is 15.9. The minimum Gasteiger partial charge on any atom is -0.478 e. The van der Waals surface area contributed by atoms with E-state index in [0.717, 1.165) is 24.9 Å². The Morgan fingerprint density at radius 2 is 1.86 bits per heavy atom. The van der Waals surface area contributed by atoms with Gasteiger partial charge in [-0.1, -0.05) is 37.5 Å². The van der Waals surface area contributed by atoms with Gasteiger partial charge in [-0.2, -0.15) is 0 Å². The number of carboxylic acids is 1. The summed E-state index contributed by atoms with van der Waals surface area (Å²) in [6, 6.07) is 7.32. The molecule has 1 fully saturated rings. The van der Waals surface area contributed by atoms with Gasteiger partial charge in [-0.05, 0) is 37.8 Å². The van der Waals surface area contributed by atoms with Crippen molar-refractivity contribution in [3.8, 4) is 0 Å². The summed E-state index contributed by atoms with van der Waals surface area (Å²) in [6.45, 7) is 2.77. The van der Waals surface area contributed by atoms with Crippen LogP contribution in [0.1, 0.15) is 61.4 Å². The molecule has 1 aromatic carbocycles. The van der Waals surface area contributed by atoms with Gasteiger partial charge in [-0.25, -0.2) is 4.79 Å². The predicted molar refractivity (Wildman–Crippen MR) is 86.0 cm³/mol. The second kappa shape index (κ2) is 7.97. The molecule has 1 saturated carbocycles. The largest absolute Gasteiger partial charge is 0.478 e. The minimum atomic E-state index is -0.928. The number of rotatable bonds is 6. The van der Waals surface area contributed by atoms with Gasteiger partial charge in [0.2, 0.25) is 5.91 Å². The lowest BCUT2D eigenvalue weighted by atomic mass is 9.93. The van der Waals surface area contributed by atoms with Crippen molar-refractivity contribution in [3.05, 3.63) is 35.4 Å². The van der Waals surface area contributed by atoms with Crippen molar-refractivity contribution in [1.82, 2.24) is 4.90 Å². The quantitative estimate of drug-likeness (QED) is 0.875. The van der Waals surface area contributed by atoms with Crippen molar-refractivity contribution in [2.24, 2.45) is 0 Å². The molecule has 0 aromatic heterocycles. The number of amides is 1. The van der Waals surface area contributed by atoms with Crippen molar-refractivity contribution in [2.45, 2.75) is 57.9 Å². The van der Waals surface area contributed by atoms with Crippen LogP contribution in [0.2, 0.25) is 0 Å². The molecule has 120 valence electrons. The molecule has 0 spiro atoms. The van der Waals surface area contributed by atoms with Crippen LogP contribution in [-0.2, 0) is 11.2 Å². The van der Waals surface area contributed by atoms with Gasteiger partial charge in [0.05, 0.1) is 5.56 Å². The van der Waals surface area contributed by atoms with Crippen LogP contribution < -0.4 is 0 Å². The third kappa shape index (κ3) is 4.09. The Morgan fingerprint density at radius 1 is 1.18 bits per heavy atom. The summed E-state index contributed by atoms with van der Waals surface area (Å²) in [7, 11) is 0. The fraction of sp³-hybridized carbons (Fsp3) is 0.556. The van der Waals surface area contributed by atoms with Crippen LogP contribution >= 0.6 is 0 Å². The monoisotopic (exact) mass is 303 g/mol. The summed E-state index contributed by atoms with van der Waals surface area (Å²) in [6.07, 6.45) is 6.76. The first-order valence-corrected chi connectivity index (χ1v) is 8.24. The molecular formula is C18H25NO3. The lowest BCUT2D eigenvalue weighted by Crippen LogP contribution is -2.41. The molecule has 0 atom stereocenters. The first kappa shape index (κ1) is 16.5. The highest BCUT2D eigenvalue weighted by molar-refractivity contribution is 5.89. The van der Waals surface area contributed by atoms with E-state index in [-0.39, 0.29) is 5.91 Å². The molecule has 0 aliphatic heterocycles. The van der Waals surface area contributed by atoms with Gasteiger partial charge in [0.1, 0.15) is 0 Å². The van der Waals surface area contributed by atoms with E-state index in [1.807, 2.05) is 17.9 Å². The summed E-state index contributed by atoms with van der Waals surface area (Å²) >= 11 is 0. The van der Waals surface area contributed by atoms with E-state index < -0.39 is 5.97 Å². The van der Waals surface area contributed by atoms with E-state index in [1.54, 1.807) is 18.2 Å². The van der Waals surface area contributed by atoms with Crippen LogP contribution in [0, 0.1) is 0 Å². The lowest BCUT2D eigenvalue weighted by Gasteiger charge is -2.33. The Labute approximate surface area is 132 Å². The average molecular weight is 303 g/mol. The molecule has 1 aliphatic carbocycles. The number of aryl methyl sites for hydroxylation is 1. The van der Waals surface area contributed by atoms with Crippen molar-refractivity contribution in [3.63, 3.8) is 0 Å². The second-order valence-corrected chi connectivity index (χ2v) is 5.93. The molecule has 0 radical (unpaired) electrons. The highest BCUT2D eigenvalue weighted by atomic mass is 16.4. The van der Waals surface area contributed by atoms with Crippen molar-refractivity contribution in [2.75, 3.05) is 6.54 Å². The highest BCUT2D eigenvalue weighted by Crippen LogP contribution is 2.23. The van der Waals surface area contributed by atoms with Gasteiger partial charge in [0.15, 0.2) is 0 Å². The number of carboxylic acid groups (broad SMARTS) is 1. The van der Waals surface area contributed by atoms with E-state index in [2.05, 4.69) is 0 Å². The van der Waals surface area contributed by atoms with E-state index >= 15 is 0 Å². The maximum absolute atomic E-state index is 12.5. The second-order valence-electron chi connectivity index (χ2n) is 5.93. The maximum Gasteiger partial charge on any atom is 0.335 e. The molecule has 0 unspecified atom stereocenters. The third-order valence-electron chi connectivity index (χ3n) is 4.53. The third-order valence-corrected chi connectivity index (χ3v) is 4.53. The fourth-order valence-corrected chi connectivity index (χ4v) is 3.36. The zero-order valence-corrected chi connectivity index (χ0v) is 13.3. The fourth-order valence-electron chi connectivity index (χ4n) is 3.36. The predicted octanol–water partition coefficient (Wildman–Crippen LogP) is 3.50. The van der Waals surface area contributed by atoms with Gasteiger partial charge in [-0.15, -0.1) is 0 Å². The Balaban J connectivity index is 1.98.